The van der Waals surface area contributed by atoms with E-state index >= 15 is 0 Å². The van der Waals surface area contributed by atoms with Gasteiger partial charge in [-0.05, 0) is 95.9 Å². The Bertz CT molecular complexity index is 2990. The van der Waals surface area contributed by atoms with Gasteiger partial charge in [0, 0.05) is 42.1 Å². The summed E-state index contributed by atoms with van der Waals surface area (Å²) in [6.07, 6.45) is 0. The summed E-state index contributed by atoms with van der Waals surface area (Å²) in [7, 11) is 0. The number of thiophene rings is 1. The Morgan fingerprint density at radius 3 is 1.86 bits per heavy atom. The van der Waals surface area contributed by atoms with Gasteiger partial charge in [-0.3, -0.25) is 4.40 Å². The Morgan fingerprint density at radius 1 is 0.451 bits per heavy atom. The summed E-state index contributed by atoms with van der Waals surface area (Å²) in [5.41, 5.74) is 15.4. The predicted octanol–water partition coefficient (Wildman–Crippen LogP) is 13.6. The van der Waals surface area contributed by atoms with Crippen LogP contribution in [-0.4, -0.2) is 9.38 Å². The molecule has 3 heterocycles. The van der Waals surface area contributed by atoms with Crippen LogP contribution >= 0.6 is 11.3 Å². The second-order valence-electron chi connectivity index (χ2n) is 13.8. The zero-order chi connectivity index (χ0) is 34.2. The first-order valence-electron chi connectivity index (χ1n) is 17.5. The number of benzene rings is 7. The van der Waals surface area contributed by atoms with E-state index in [-0.39, 0.29) is 0 Å². The quantitative estimate of drug-likeness (QED) is 0.170. The lowest BCUT2D eigenvalue weighted by atomic mass is 9.95. The van der Waals surface area contributed by atoms with Crippen LogP contribution in [0.2, 0.25) is 0 Å². The van der Waals surface area contributed by atoms with Gasteiger partial charge in [-0.2, -0.15) is 0 Å². The molecule has 0 radical (unpaired) electrons. The minimum absolute atomic E-state index is 0.975. The largest absolute Gasteiger partial charge is 0.291 e. The number of rotatable bonds is 4. The highest BCUT2D eigenvalue weighted by Crippen LogP contribution is 2.44. The molecule has 7 aromatic carbocycles. The molecule has 2 nitrogen and oxygen atoms in total. The SMILES string of the molecule is Cc1cc(C)c2sc3c(-c4cccc(-c5ccc6c(c5)c5ccccc5c5nc(-c7ccccc7)c(-c7ccccc7)n65)c4)cc(C)cc3c2c1. The minimum Gasteiger partial charge on any atom is -0.291 e. The predicted molar refractivity (Wildman–Crippen MR) is 219 cm³/mol. The fourth-order valence-corrected chi connectivity index (χ4v) is 9.36. The Kier molecular flexibility index (Phi) is 6.74. The lowest BCUT2D eigenvalue weighted by molar-refractivity contribution is 1.27. The number of imidazole rings is 1. The van der Waals surface area contributed by atoms with Gasteiger partial charge in [0.2, 0.25) is 0 Å². The van der Waals surface area contributed by atoms with E-state index in [1.54, 1.807) is 0 Å². The number of pyridine rings is 1. The van der Waals surface area contributed by atoms with E-state index in [1.807, 2.05) is 11.3 Å². The molecule has 0 N–H and O–H groups in total. The van der Waals surface area contributed by atoms with Crippen molar-refractivity contribution in [2.45, 2.75) is 20.8 Å². The van der Waals surface area contributed by atoms with Gasteiger partial charge in [0.25, 0.3) is 0 Å². The van der Waals surface area contributed by atoms with E-state index in [9.17, 15) is 0 Å². The molecule has 0 unspecified atom stereocenters. The average molecular weight is 671 g/mol. The third-order valence-corrected chi connectivity index (χ3v) is 11.7. The molecule has 0 bridgehead atoms. The molecular formula is C48H34N2S. The number of nitrogens with zero attached hydrogens (tertiary/aromatic N) is 2. The number of fused-ring (bicyclic) bond motifs is 9. The van der Waals surface area contributed by atoms with Crippen LogP contribution in [0.15, 0.2) is 152 Å². The van der Waals surface area contributed by atoms with E-state index in [0.717, 1.165) is 39.1 Å². The smallest absolute Gasteiger partial charge is 0.146 e. The fourth-order valence-electron chi connectivity index (χ4n) is 8.09. The molecule has 3 aromatic heterocycles. The average Bonchev–Trinajstić information content (AvgIpc) is 3.75. The van der Waals surface area contributed by atoms with Crippen molar-refractivity contribution in [1.29, 1.82) is 0 Å². The van der Waals surface area contributed by atoms with Crippen molar-refractivity contribution in [3.05, 3.63) is 168 Å². The first-order chi connectivity index (χ1) is 25.0. The van der Waals surface area contributed by atoms with Crippen molar-refractivity contribution >= 4 is 58.8 Å². The Labute approximate surface area is 300 Å². The molecule has 0 fully saturated rings. The summed E-state index contributed by atoms with van der Waals surface area (Å²) in [4.78, 5) is 5.39. The topological polar surface area (TPSA) is 17.3 Å². The van der Waals surface area contributed by atoms with Gasteiger partial charge < -0.3 is 0 Å². The molecule has 0 aliphatic carbocycles. The molecule has 242 valence electrons. The third-order valence-electron chi connectivity index (χ3n) is 10.3. The molecule has 3 heteroatoms. The van der Waals surface area contributed by atoms with Crippen molar-refractivity contribution in [2.24, 2.45) is 0 Å². The highest BCUT2D eigenvalue weighted by atomic mass is 32.1. The molecule has 0 atom stereocenters. The summed E-state index contributed by atoms with van der Waals surface area (Å²) < 4.78 is 5.12. The number of aryl methyl sites for hydroxylation is 3. The minimum atomic E-state index is 0.975. The zero-order valence-electron chi connectivity index (χ0n) is 28.7. The maximum absolute atomic E-state index is 5.39. The summed E-state index contributed by atoms with van der Waals surface area (Å²) in [6.45, 7) is 6.66. The Morgan fingerprint density at radius 2 is 1.08 bits per heavy atom. The molecule has 0 saturated carbocycles. The molecular weight excluding hydrogens is 637 g/mol. The molecule has 10 rings (SSSR count). The summed E-state index contributed by atoms with van der Waals surface area (Å²) in [6, 6.07) is 55.4. The fraction of sp³-hybridized carbons (Fsp3) is 0.0625. The van der Waals surface area contributed by atoms with Crippen LogP contribution < -0.4 is 0 Å². The first kappa shape index (κ1) is 29.8. The number of hydrogen-bond donors (Lipinski definition) is 0. The highest BCUT2D eigenvalue weighted by Gasteiger charge is 2.21. The first-order valence-corrected chi connectivity index (χ1v) is 18.4. The van der Waals surface area contributed by atoms with Crippen molar-refractivity contribution in [3.63, 3.8) is 0 Å². The van der Waals surface area contributed by atoms with Gasteiger partial charge in [-0.25, -0.2) is 4.98 Å². The summed E-state index contributed by atoms with van der Waals surface area (Å²) >= 11 is 1.92. The van der Waals surface area contributed by atoms with Crippen LogP contribution in [0.5, 0.6) is 0 Å². The second kappa shape index (κ2) is 11.5. The van der Waals surface area contributed by atoms with Crippen LogP contribution in [-0.2, 0) is 0 Å². The van der Waals surface area contributed by atoms with Crippen LogP contribution in [0.25, 0.3) is 92.3 Å². The Balaban J connectivity index is 1.21. The van der Waals surface area contributed by atoms with Crippen molar-refractivity contribution in [2.75, 3.05) is 0 Å². The van der Waals surface area contributed by atoms with Crippen LogP contribution in [0.3, 0.4) is 0 Å². The van der Waals surface area contributed by atoms with E-state index < -0.39 is 0 Å². The van der Waals surface area contributed by atoms with E-state index in [1.165, 1.54) is 69.9 Å². The standard InChI is InChI=1S/C48H34N2S/c1-29-23-31(3)46-41(25-29)42-26-30(2)24-39(47(42)51-46)36-18-12-17-34(27-36)35-21-22-43-40(28-35)37-19-10-11-20-38(37)48-49-44(32-13-6-4-7-14-32)45(50(43)48)33-15-8-5-9-16-33/h4-28H,1-3H3. The molecule has 10 aromatic rings. The van der Waals surface area contributed by atoms with Gasteiger partial charge in [-0.15, -0.1) is 11.3 Å². The number of aromatic nitrogens is 2. The maximum Gasteiger partial charge on any atom is 0.146 e. The normalized spacial score (nSPS) is 11.8. The summed E-state index contributed by atoms with van der Waals surface area (Å²) in [5.74, 6) is 0. The highest BCUT2D eigenvalue weighted by molar-refractivity contribution is 7.26. The molecule has 0 aliphatic heterocycles. The monoisotopic (exact) mass is 670 g/mol. The molecule has 51 heavy (non-hydrogen) atoms. The maximum atomic E-state index is 5.39. The summed E-state index contributed by atoms with van der Waals surface area (Å²) in [5, 5.41) is 6.29. The lowest BCUT2D eigenvalue weighted by Crippen LogP contribution is -1.95. The molecule has 0 saturated heterocycles. The molecule has 0 aliphatic rings. The van der Waals surface area contributed by atoms with Crippen molar-refractivity contribution in [3.8, 4) is 44.8 Å². The van der Waals surface area contributed by atoms with E-state index in [2.05, 4.69) is 177 Å². The van der Waals surface area contributed by atoms with E-state index in [0.29, 0.717) is 0 Å². The zero-order valence-corrected chi connectivity index (χ0v) is 29.6. The molecule has 0 spiro atoms. The van der Waals surface area contributed by atoms with Gasteiger partial charge >= 0.3 is 0 Å². The van der Waals surface area contributed by atoms with Crippen molar-refractivity contribution < 1.29 is 0 Å². The van der Waals surface area contributed by atoms with Crippen LogP contribution in [0.1, 0.15) is 16.7 Å². The Hall–Kier alpha value is -6.03. The van der Waals surface area contributed by atoms with Gasteiger partial charge in [0.05, 0.1) is 16.9 Å². The second-order valence-corrected chi connectivity index (χ2v) is 14.8. The lowest BCUT2D eigenvalue weighted by Gasteiger charge is -2.14. The van der Waals surface area contributed by atoms with E-state index in [4.69, 9.17) is 4.98 Å². The van der Waals surface area contributed by atoms with Gasteiger partial charge in [-0.1, -0.05) is 121 Å². The van der Waals surface area contributed by atoms with Gasteiger partial charge in [0.15, 0.2) is 0 Å². The molecule has 0 amide bonds. The number of hydrogen-bond acceptors (Lipinski definition) is 2. The third kappa shape index (κ3) is 4.73. The van der Waals surface area contributed by atoms with Crippen LogP contribution in [0.4, 0.5) is 0 Å². The van der Waals surface area contributed by atoms with Crippen LogP contribution in [0, 0.1) is 20.8 Å². The van der Waals surface area contributed by atoms with Crippen molar-refractivity contribution in [1.82, 2.24) is 9.38 Å². The van der Waals surface area contributed by atoms with Gasteiger partial charge in [0.1, 0.15) is 5.65 Å².